The summed E-state index contributed by atoms with van der Waals surface area (Å²) in [6.07, 6.45) is 14.0. The van der Waals surface area contributed by atoms with Gasteiger partial charge in [0.25, 0.3) is 0 Å². The van der Waals surface area contributed by atoms with Gasteiger partial charge in [-0.1, -0.05) is 67.7 Å². The van der Waals surface area contributed by atoms with Crippen LogP contribution in [0.5, 0.6) is 0 Å². The molecule has 23 heavy (non-hydrogen) atoms. The number of allylic oxidation sites excluding steroid dienone is 1. The molecule has 2 aromatic rings. The molecule has 3 heteroatoms. The summed E-state index contributed by atoms with van der Waals surface area (Å²) in [5, 5.41) is 0. The topological polar surface area (TPSA) is 20.8 Å². The van der Waals surface area contributed by atoms with Crippen LogP contribution in [0.4, 0.5) is 5.95 Å². The number of hydrogen-bond acceptors (Lipinski definition) is 1. The van der Waals surface area contributed by atoms with Crippen LogP contribution in [-0.2, 0) is 5.54 Å². The summed E-state index contributed by atoms with van der Waals surface area (Å²) in [5.41, 5.74) is 3.85. The quantitative estimate of drug-likeness (QED) is 0.590. The lowest BCUT2D eigenvalue weighted by molar-refractivity contribution is -0.382. The van der Waals surface area contributed by atoms with E-state index in [0.717, 1.165) is 11.5 Å². The van der Waals surface area contributed by atoms with Gasteiger partial charge in [-0.3, -0.25) is 4.57 Å². The van der Waals surface area contributed by atoms with Crippen molar-refractivity contribution in [3.8, 4) is 0 Å². The van der Waals surface area contributed by atoms with Crippen molar-refractivity contribution in [2.75, 3.05) is 0 Å². The molecular weight excluding hydrogens is 282 g/mol. The molecular formula is C20H23N3. The second-order valence-corrected chi connectivity index (χ2v) is 6.71. The molecule has 1 saturated carbocycles. The van der Waals surface area contributed by atoms with Crippen molar-refractivity contribution >= 4 is 17.2 Å². The van der Waals surface area contributed by atoms with Crippen LogP contribution in [0.3, 0.4) is 0 Å². The van der Waals surface area contributed by atoms with E-state index in [1.165, 1.54) is 43.4 Å². The molecule has 0 amide bonds. The van der Waals surface area contributed by atoms with Crippen LogP contribution < -0.4 is 0 Å². The van der Waals surface area contributed by atoms with Gasteiger partial charge < -0.3 is 4.58 Å². The fourth-order valence-electron chi connectivity index (χ4n) is 4.12. The maximum atomic E-state index is 4.62. The normalized spacial score (nSPS) is 20.2. The van der Waals surface area contributed by atoms with Crippen LogP contribution in [-0.4, -0.2) is 19.8 Å². The van der Waals surface area contributed by atoms with Crippen molar-refractivity contribution < 1.29 is 4.58 Å². The highest BCUT2D eigenvalue weighted by Gasteiger charge is 2.44. The molecule has 4 rings (SSSR count). The average Bonchev–Trinajstić information content (AvgIpc) is 3.16. The summed E-state index contributed by atoms with van der Waals surface area (Å²) >= 11 is 0. The number of nitrogens with zero attached hydrogens (tertiary/aromatic N) is 3. The van der Waals surface area contributed by atoms with Gasteiger partial charge in [0.2, 0.25) is 0 Å². The molecule has 0 saturated heterocycles. The van der Waals surface area contributed by atoms with Crippen LogP contribution in [0.2, 0.25) is 0 Å². The van der Waals surface area contributed by atoms with Gasteiger partial charge in [-0.2, -0.15) is 0 Å². The van der Waals surface area contributed by atoms with Crippen molar-refractivity contribution in [3.63, 3.8) is 0 Å². The summed E-state index contributed by atoms with van der Waals surface area (Å²) in [6, 6.07) is 10.5. The van der Waals surface area contributed by atoms with Gasteiger partial charge in [0, 0.05) is 11.9 Å². The number of rotatable bonds is 2. The zero-order chi connectivity index (χ0) is 15.9. The molecule has 1 aliphatic heterocycles. The number of fused-ring (bicyclic) bond motifs is 2. The zero-order valence-electron chi connectivity index (χ0n) is 13.9. The Morgan fingerprint density at radius 1 is 1.17 bits per heavy atom. The maximum Gasteiger partial charge on any atom is 0.321 e. The van der Waals surface area contributed by atoms with Crippen molar-refractivity contribution in [1.82, 2.24) is 9.55 Å². The summed E-state index contributed by atoms with van der Waals surface area (Å²) in [5.74, 6) is 1.01. The molecule has 1 fully saturated rings. The van der Waals surface area contributed by atoms with Crippen molar-refractivity contribution in [1.29, 1.82) is 0 Å². The van der Waals surface area contributed by atoms with Crippen molar-refractivity contribution in [2.24, 2.45) is 0 Å². The summed E-state index contributed by atoms with van der Waals surface area (Å²) in [4.78, 5) is 4.62. The van der Waals surface area contributed by atoms with E-state index in [1.807, 2.05) is 12.3 Å². The smallest absolute Gasteiger partial charge is 0.321 e. The first-order chi connectivity index (χ1) is 11.2. The van der Waals surface area contributed by atoms with Crippen LogP contribution in [0.15, 0.2) is 42.7 Å². The monoisotopic (exact) mass is 305 g/mol. The second-order valence-electron chi connectivity index (χ2n) is 6.71. The third kappa shape index (κ3) is 2.18. The van der Waals surface area contributed by atoms with Crippen molar-refractivity contribution in [3.05, 3.63) is 54.5 Å². The minimum absolute atomic E-state index is 0.119. The van der Waals surface area contributed by atoms with Gasteiger partial charge in [-0.05, 0) is 19.8 Å². The molecule has 1 spiro atoms. The molecule has 2 heterocycles. The Morgan fingerprint density at radius 3 is 2.65 bits per heavy atom. The highest BCUT2D eigenvalue weighted by atomic mass is 15.3. The summed E-state index contributed by atoms with van der Waals surface area (Å²) < 4.78 is 4.57. The lowest BCUT2D eigenvalue weighted by Crippen LogP contribution is -2.39. The van der Waals surface area contributed by atoms with E-state index in [2.05, 4.69) is 64.6 Å². The minimum atomic E-state index is 0.119. The highest BCUT2D eigenvalue weighted by Crippen LogP contribution is 2.42. The molecule has 0 atom stereocenters. The Balaban J connectivity index is 1.82. The molecule has 0 radical (unpaired) electrons. The standard InChI is InChI=1S/C20H23N3/c1-16(18-9-5-3-6-10-18)15-22-17(2)20(11-7-4-8-12-20)23-14-13-21-19(22)23/h3,5-6,9-10,13-14H,4,7-8,11-12H2,1-2H3. The Bertz CT molecular complexity index is 774. The van der Waals surface area contributed by atoms with Crippen LogP contribution in [0, 0.1) is 6.20 Å². The lowest BCUT2D eigenvalue weighted by Gasteiger charge is -2.34. The SMILES string of the molecule is CC(=[C-][N+]1=C(C)C2(CCCCC2)n2ccnc21)c1ccccc1. The lowest BCUT2D eigenvalue weighted by atomic mass is 9.78. The second kappa shape index (κ2) is 5.48. The van der Waals surface area contributed by atoms with Gasteiger partial charge in [-0.25, -0.2) is 0 Å². The molecule has 2 aliphatic rings. The van der Waals surface area contributed by atoms with E-state index in [-0.39, 0.29) is 5.54 Å². The fraction of sp³-hybridized carbons (Fsp3) is 0.400. The molecule has 1 aliphatic carbocycles. The molecule has 0 N–H and O–H groups in total. The molecule has 0 unspecified atom stereocenters. The van der Waals surface area contributed by atoms with Crippen molar-refractivity contribution in [2.45, 2.75) is 51.5 Å². The third-order valence-electron chi connectivity index (χ3n) is 5.46. The summed E-state index contributed by atoms with van der Waals surface area (Å²) in [7, 11) is 0. The first-order valence-electron chi connectivity index (χ1n) is 8.56. The predicted octanol–water partition coefficient (Wildman–Crippen LogP) is 4.53. The van der Waals surface area contributed by atoms with Gasteiger partial charge in [0.15, 0.2) is 0 Å². The predicted molar refractivity (Wildman–Crippen MR) is 92.7 cm³/mol. The van der Waals surface area contributed by atoms with E-state index in [0.29, 0.717) is 0 Å². The zero-order valence-corrected chi connectivity index (χ0v) is 13.9. The molecule has 118 valence electrons. The average molecular weight is 305 g/mol. The Hall–Kier alpha value is -2.16. The first kappa shape index (κ1) is 14.4. The Morgan fingerprint density at radius 2 is 1.91 bits per heavy atom. The van der Waals surface area contributed by atoms with Crippen LogP contribution in [0.1, 0.15) is 51.5 Å². The van der Waals surface area contributed by atoms with Gasteiger partial charge >= 0.3 is 5.95 Å². The fourth-order valence-corrected chi connectivity index (χ4v) is 4.12. The first-order valence-corrected chi connectivity index (χ1v) is 8.56. The molecule has 3 nitrogen and oxygen atoms in total. The van der Waals surface area contributed by atoms with E-state index < -0.39 is 0 Å². The Labute approximate surface area is 138 Å². The van der Waals surface area contributed by atoms with Gasteiger partial charge in [0.1, 0.15) is 11.7 Å². The van der Waals surface area contributed by atoms with Gasteiger partial charge in [-0.15, -0.1) is 4.98 Å². The van der Waals surface area contributed by atoms with E-state index >= 15 is 0 Å². The molecule has 1 aromatic heterocycles. The van der Waals surface area contributed by atoms with Gasteiger partial charge in [0.05, 0.1) is 6.20 Å². The third-order valence-corrected chi connectivity index (χ3v) is 5.46. The highest BCUT2D eigenvalue weighted by molar-refractivity contribution is 5.88. The molecule has 0 bridgehead atoms. The van der Waals surface area contributed by atoms with E-state index in [9.17, 15) is 0 Å². The summed E-state index contributed by atoms with van der Waals surface area (Å²) in [6.45, 7) is 4.38. The largest absolute Gasteiger partial charge is 0.324 e. The Kier molecular flexibility index (Phi) is 3.44. The number of benzene rings is 1. The maximum absolute atomic E-state index is 4.62. The molecule has 1 aromatic carbocycles. The number of aromatic nitrogens is 2. The number of imidazole rings is 1. The number of hydrogen-bond donors (Lipinski definition) is 0. The van der Waals surface area contributed by atoms with Crippen LogP contribution >= 0.6 is 0 Å². The van der Waals surface area contributed by atoms with E-state index in [4.69, 9.17) is 0 Å². The van der Waals surface area contributed by atoms with E-state index in [1.54, 1.807) is 0 Å². The minimum Gasteiger partial charge on any atom is -0.324 e. The van der Waals surface area contributed by atoms with Crippen LogP contribution in [0.25, 0.3) is 5.57 Å².